The van der Waals surface area contributed by atoms with E-state index in [1.165, 1.54) is 12.8 Å². The number of hydrogen-bond donors (Lipinski definition) is 4. The number of amides is 1. The van der Waals surface area contributed by atoms with E-state index < -0.39 is 11.9 Å². The van der Waals surface area contributed by atoms with Gasteiger partial charge in [0.1, 0.15) is 5.82 Å². The quantitative estimate of drug-likeness (QED) is 0.445. The van der Waals surface area contributed by atoms with Crippen LogP contribution in [-0.4, -0.2) is 87.4 Å². The van der Waals surface area contributed by atoms with Crippen molar-refractivity contribution in [2.45, 2.75) is 77.9 Å². The van der Waals surface area contributed by atoms with Crippen molar-refractivity contribution in [3.05, 3.63) is 18.2 Å². The summed E-state index contributed by atoms with van der Waals surface area (Å²) < 4.78 is 7.72. The molecule has 204 valence electrons. The lowest BCUT2D eigenvalue weighted by Gasteiger charge is -2.35. The van der Waals surface area contributed by atoms with Crippen molar-refractivity contribution in [2.75, 3.05) is 32.8 Å². The Bertz CT molecular complexity index is 830. The molecular formula is C25H43N5O6. The van der Waals surface area contributed by atoms with Gasteiger partial charge in [0.2, 0.25) is 5.91 Å². The maximum absolute atomic E-state index is 13.0. The Balaban J connectivity index is 0.000000501. The molecule has 3 heterocycles. The van der Waals surface area contributed by atoms with Crippen LogP contribution in [0.2, 0.25) is 0 Å². The van der Waals surface area contributed by atoms with Crippen LogP contribution in [0.4, 0.5) is 0 Å². The molecule has 0 unspecified atom stereocenters. The first-order valence-corrected chi connectivity index (χ1v) is 12.7. The van der Waals surface area contributed by atoms with Crippen molar-refractivity contribution in [1.29, 1.82) is 0 Å². The number of likely N-dealkylation sites (tertiary alicyclic amines) is 1. The van der Waals surface area contributed by atoms with Gasteiger partial charge < -0.3 is 30.6 Å². The number of nitrogens with one attached hydrogen (secondary N) is 1. The molecule has 0 bridgehead atoms. The summed E-state index contributed by atoms with van der Waals surface area (Å²) in [6, 6.07) is 0.673. The summed E-state index contributed by atoms with van der Waals surface area (Å²) in [5, 5.41) is 18.1. The third-order valence-electron chi connectivity index (χ3n) is 6.91. The predicted molar refractivity (Wildman–Crippen MR) is 134 cm³/mol. The number of rotatable bonds is 6. The van der Waals surface area contributed by atoms with Gasteiger partial charge in [0.05, 0.1) is 5.92 Å². The molecule has 1 saturated carbocycles. The number of carboxylic acids is 2. The van der Waals surface area contributed by atoms with E-state index in [1.54, 1.807) is 0 Å². The molecular weight excluding hydrogens is 466 g/mol. The maximum Gasteiger partial charge on any atom is 0.300 e. The number of aliphatic carboxylic acids is 2. The van der Waals surface area contributed by atoms with Gasteiger partial charge >= 0.3 is 0 Å². The van der Waals surface area contributed by atoms with E-state index in [0.717, 1.165) is 84.7 Å². The standard InChI is InChI=1S/C21H35N5O2.2C2H4O2/c1-16-23-8-9-25(16)15-21(6-7-21)14-24-20(27)17-2-3-18(22)13-26(12-17)19-4-10-28-11-5-19;2*1-2(3)4/h8-9,17-19H,2-7,10-15,22H2,1H3,(H,24,27);2*1H3,(H,3,4)/t17-,18+;;/m1../s1. The van der Waals surface area contributed by atoms with Gasteiger partial charge in [0.25, 0.3) is 11.9 Å². The Labute approximate surface area is 213 Å². The number of hydrogen-bond acceptors (Lipinski definition) is 7. The summed E-state index contributed by atoms with van der Waals surface area (Å²) in [5.41, 5.74) is 6.53. The van der Waals surface area contributed by atoms with Gasteiger partial charge in [-0.25, -0.2) is 4.98 Å². The molecule has 3 aliphatic rings. The molecule has 0 aromatic carbocycles. The van der Waals surface area contributed by atoms with Crippen LogP contribution >= 0.6 is 0 Å². The number of imidazole rings is 1. The highest BCUT2D eigenvalue weighted by Crippen LogP contribution is 2.46. The molecule has 0 spiro atoms. The molecule has 11 heteroatoms. The molecule has 2 saturated heterocycles. The smallest absolute Gasteiger partial charge is 0.300 e. The summed E-state index contributed by atoms with van der Waals surface area (Å²) in [6.07, 6.45) is 10.2. The molecule has 11 nitrogen and oxygen atoms in total. The third kappa shape index (κ3) is 10.6. The first-order chi connectivity index (χ1) is 17.0. The Morgan fingerprint density at radius 3 is 2.25 bits per heavy atom. The molecule has 36 heavy (non-hydrogen) atoms. The minimum absolute atomic E-state index is 0.0437. The van der Waals surface area contributed by atoms with Gasteiger partial charge in [-0.05, 0) is 45.4 Å². The van der Waals surface area contributed by atoms with Crippen LogP contribution in [0.15, 0.2) is 12.4 Å². The van der Waals surface area contributed by atoms with Crippen molar-refractivity contribution < 1.29 is 29.3 Å². The number of nitrogens with zero attached hydrogens (tertiary/aromatic N) is 3. The second kappa shape index (κ2) is 14.3. The van der Waals surface area contributed by atoms with Crippen LogP contribution in [0.5, 0.6) is 0 Å². The first kappa shape index (κ1) is 29.7. The van der Waals surface area contributed by atoms with Crippen LogP contribution in [0, 0.1) is 18.3 Å². The first-order valence-electron chi connectivity index (χ1n) is 12.7. The number of carbonyl (C=O) groups excluding carboxylic acids is 1. The van der Waals surface area contributed by atoms with Gasteiger partial charge in [-0.2, -0.15) is 0 Å². The Hall–Kier alpha value is -2.50. The monoisotopic (exact) mass is 509 g/mol. The molecule has 4 rings (SSSR count). The zero-order chi connectivity index (χ0) is 26.7. The lowest BCUT2D eigenvalue weighted by atomic mass is 9.99. The normalized spacial score (nSPS) is 23.7. The largest absolute Gasteiger partial charge is 0.481 e. The summed E-state index contributed by atoms with van der Waals surface area (Å²) in [7, 11) is 0. The van der Waals surface area contributed by atoms with Crippen LogP contribution in [-0.2, 0) is 25.7 Å². The van der Waals surface area contributed by atoms with E-state index >= 15 is 0 Å². The number of nitrogens with two attached hydrogens (primary N) is 1. The molecule has 1 aliphatic carbocycles. The van der Waals surface area contributed by atoms with E-state index in [0.29, 0.717) is 6.04 Å². The fourth-order valence-corrected chi connectivity index (χ4v) is 4.74. The highest BCUT2D eigenvalue weighted by atomic mass is 16.5. The summed E-state index contributed by atoms with van der Waals surface area (Å²) in [4.78, 5) is 37.8. The second-order valence-electron chi connectivity index (χ2n) is 10.2. The van der Waals surface area contributed by atoms with Crippen molar-refractivity contribution in [1.82, 2.24) is 19.8 Å². The topological polar surface area (TPSA) is 160 Å². The van der Waals surface area contributed by atoms with Crippen molar-refractivity contribution in [2.24, 2.45) is 17.1 Å². The Morgan fingerprint density at radius 2 is 1.72 bits per heavy atom. The zero-order valence-corrected chi connectivity index (χ0v) is 21.8. The summed E-state index contributed by atoms with van der Waals surface area (Å²) >= 11 is 0. The molecule has 2 aliphatic heterocycles. The van der Waals surface area contributed by atoms with Gasteiger partial charge in [-0.3, -0.25) is 19.3 Å². The van der Waals surface area contributed by atoms with Crippen LogP contribution in [0.1, 0.15) is 58.2 Å². The number of aryl methyl sites for hydroxylation is 1. The van der Waals surface area contributed by atoms with E-state index in [9.17, 15) is 4.79 Å². The van der Waals surface area contributed by atoms with Crippen molar-refractivity contribution in [3.63, 3.8) is 0 Å². The van der Waals surface area contributed by atoms with Crippen molar-refractivity contribution in [3.8, 4) is 0 Å². The summed E-state index contributed by atoms with van der Waals surface area (Å²) in [6.45, 7) is 9.30. The molecule has 5 N–H and O–H groups in total. The lowest BCUT2D eigenvalue weighted by Crippen LogP contribution is -2.47. The number of carboxylic acid groups (broad SMARTS) is 2. The third-order valence-corrected chi connectivity index (χ3v) is 6.91. The molecule has 1 aromatic heterocycles. The fraction of sp³-hybridized carbons (Fsp3) is 0.760. The average Bonchev–Trinajstić information content (AvgIpc) is 3.51. The number of carbonyl (C=O) groups is 3. The number of ether oxygens (including phenoxy) is 1. The highest BCUT2D eigenvalue weighted by Gasteiger charge is 2.43. The molecule has 1 amide bonds. The molecule has 0 radical (unpaired) electrons. The minimum atomic E-state index is -0.833. The van der Waals surface area contributed by atoms with Gasteiger partial charge in [0.15, 0.2) is 0 Å². The zero-order valence-electron chi connectivity index (χ0n) is 21.8. The van der Waals surface area contributed by atoms with Gasteiger partial charge in [-0.15, -0.1) is 0 Å². The SMILES string of the molecule is CC(=O)O.CC(=O)O.Cc1nccn1CC1(CNC(=O)[C@@H]2CC[C@H](N)CN(C3CCOCC3)C2)CC1. The summed E-state index contributed by atoms with van der Waals surface area (Å²) in [5.74, 6) is -0.371. The van der Waals surface area contributed by atoms with Gasteiger partial charge in [-0.1, -0.05) is 0 Å². The average molecular weight is 510 g/mol. The number of aromatic nitrogens is 2. The fourth-order valence-electron chi connectivity index (χ4n) is 4.74. The minimum Gasteiger partial charge on any atom is -0.481 e. The highest BCUT2D eigenvalue weighted by molar-refractivity contribution is 5.79. The molecule has 2 atom stereocenters. The Morgan fingerprint density at radius 1 is 1.11 bits per heavy atom. The van der Waals surface area contributed by atoms with Crippen molar-refractivity contribution >= 4 is 17.8 Å². The Kier molecular flexibility index (Phi) is 11.8. The van der Waals surface area contributed by atoms with Crippen LogP contribution in [0.25, 0.3) is 0 Å². The van der Waals surface area contributed by atoms with Crippen LogP contribution in [0.3, 0.4) is 0 Å². The van der Waals surface area contributed by atoms with E-state index in [4.69, 9.17) is 30.3 Å². The van der Waals surface area contributed by atoms with Gasteiger partial charge in [0, 0.05) is 83.1 Å². The van der Waals surface area contributed by atoms with E-state index in [2.05, 4.69) is 19.8 Å². The van der Waals surface area contributed by atoms with E-state index in [1.807, 2.05) is 19.3 Å². The molecule has 3 fully saturated rings. The van der Waals surface area contributed by atoms with Crippen LogP contribution < -0.4 is 11.1 Å². The predicted octanol–water partition coefficient (Wildman–Crippen LogP) is 1.49. The van der Waals surface area contributed by atoms with E-state index in [-0.39, 0.29) is 23.3 Å². The maximum atomic E-state index is 13.0. The second-order valence-corrected chi connectivity index (χ2v) is 10.2. The molecule has 1 aromatic rings. The lowest BCUT2D eigenvalue weighted by molar-refractivity contribution is -0.135.